The maximum Gasteiger partial charge on any atom is 0.337 e. The van der Waals surface area contributed by atoms with E-state index >= 15 is 0 Å². The van der Waals surface area contributed by atoms with Crippen LogP contribution in [0.4, 0.5) is 5.69 Å². The number of carbonyl (C=O) groups excluding carboxylic acids is 1. The highest BCUT2D eigenvalue weighted by Crippen LogP contribution is 2.22. The minimum absolute atomic E-state index is 0.332. The van der Waals surface area contributed by atoms with Crippen LogP contribution in [0.1, 0.15) is 15.9 Å². The molecular formula is C19H22N2O4S. The highest BCUT2D eigenvalue weighted by atomic mass is 32.2. The lowest BCUT2D eigenvalue weighted by molar-refractivity contribution is 0.0600. The molecule has 1 fully saturated rings. The summed E-state index contributed by atoms with van der Waals surface area (Å²) in [6.07, 6.45) is 0. The number of hydrogen-bond acceptors (Lipinski definition) is 5. The monoisotopic (exact) mass is 374 g/mol. The van der Waals surface area contributed by atoms with Crippen molar-refractivity contribution in [2.75, 3.05) is 38.2 Å². The van der Waals surface area contributed by atoms with Gasteiger partial charge in [-0.1, -0.05) is 18.2 Å². The molecule has 0 aliphatic carbocycles. The first-order chi connectivity index (χ1) is 12.4. The van der Waals surface area contributed by atoms with Gasteiger partial charge in [-0.3, -0.25) is 0 Å². The van der Waals surface area contributed by atoms with Gasteiger partial charge in [0.25, 0.3) is 0 Å². The van der Waals surface area contributed by atoms with Gasteiger partial charge in [0.15, 0.2) is 0 Å². The third-order valence-corrected chi connectivity index (χ3v) is 6.39. The van der Waals surface area contributed by atoms with Crippen LogP contribution in [-0.4, -0.2) is 52.0 Å². The van der Waals surface area contributed by atoms with E-state index in [1.807, 2.05) is 19.1 Å². The number of methoxy groups -OCH3 is 1. The van der Waals surface area contributed by atoms with Crippen molar-refractivity contribution in [3.63, 3.8) is 0 Å². The summed E-state index contributed by atoms with van der Waals surface area (Å²) < 4.78 is 31.9. The Labute approximate surface area is 154 Å². The van der Waals surface area contributed by atoms with Gasteiger partial charge in [-0.15, -0.1) is 0 Å². The fourth-order valence-corrected chi connectivity index (χ4v) is 4.59. The Morgan fingerprint density at radius 2 is 1.69 bits per heavy atom. The van der Waals surface area contributed by atoms with Crippen LogP contribution in [0.5, 0.6) is 0 Å². The molecule has 0 bridgehead atoms. The van der Waals surface area contributed by atoms with Crippen LogP contribution in [0, 0.1) is 6.92 Å². The molecule has 2 aromatic carbocycles. The fourth-order valence-electron chi connectivity index (χ4n) is 3.06. The second-order valence-corrected chi connectivity index (χ2v) is 8.19. The highest BCUT2D eigenvalue weighted by Gasteiger charge is 2.28. The molecule has 0 aromatic heterocycles. The predicted octanol–water partition coefficient (Wildman–Crippen LogP) is 2.29. The Hall–Kier alpha value is -2.38. The van der Waals surface area contributed by atoms with Crippen LogP contribution in [-0.2, 0) is 14.8 Å². The van der Waals surface area contributed by atoms with E-state index in [9.17, 15) is 13.2 Å². The normalized spacial score (nSPS) is 15.7. The highest BCUT2D eigenvalue weighted by molar-refractivity contribution is 7.89. The molecule has 0 atom stereocenters. The number of piperazine rings is 1. The second kappa shape index (κ2) is 7.47. The number of esters is 1. The summed E-state index contributed by atoms with van der Waals surface area (Å²) in [5.41, 5.74) is 2.30. The van der Waals surface area contributed by atoms with Gasteiger partial charge >= 0.3 is 5.97 Å². The first-order valence-electron chi connectivity index (χ1n) is 8.42. The van der Waals surface area contributed by atoms with Gasteiger partial charge < -0.3 is 9.64 Å². The van der Waals surface area contributed by atoms with E-state index in [2.05, 4.69) is 4.90 Å². The summed E-state index contributed by atoms with van der Waals surface area (Å²) in [6.45, 7) is 3.81. The summed E-state index contributed by atoms with van der Waals surface area (Å²) in [6, 6.07) is 14.2. The van der Waals surface area contributed by atoms with Crippen LogP contribution in [0.2, 0.25) is 0 Å². The lowest BCUT2D eigenvalue weighted by Crippen LogP contribution is -2.48. The van der Waals surface area contributed by atoms with Crippen LogP contribution in [0.3, 0.4) is 0 Å². The SMILES string of the molecule is COC(=O)c1cccc(N2CCN(S(=O)(=O)c3cccc(C)c3)CC2)c1. The molecule has 26 heavy (non-hydrogen) atoms. The van der Waals surface area contributed by atoms with Gasteiger partial charge in [0.1, 0.15) is 0 Å². The first kappa shape index (κ1) is 18.4. The molecule has 138 valence electrons. The molecule has 6 nitrogen and oxygen atoms in total. The van der Waals surface area contributed by atoms with Crippen LogP contribution in [0.15, 0.2) is 53.4 Å². The van der Waals surface area contributed by atoms with E-state index in [0.717, 1.165) is 11.3 Å². The van der Waals surface area contributed by atoms with Crippen molar-refractivity contribution >= 4 is 21.7 Å². The molecule has 0 radical (unpaired) electrons. The molecule has 7 heteroatoms. The zero-order valence-electron chi connectivity index (χ0n) is 14.9. The molecule has 1 aliphatic heterocycles. The summed E-state index contributed by atoms with van der Waals surface area (Å²) in [7, 11) is -2.13. The van der Waals surface area contributed by atoms with Crippen molar-refractivity contribution in [3.8, 4) is 0 Å². The van der Waals surface area contributed by atoms with E-state index in [0.29, 0.717) is 36.6 Å². The van der Waals surface area contributed by atoms with Gasteiger partial charge in [0, 0.05) is 31.9 Å². The quantitative estimate of drug-likeness (QED) is 0.768. The van der Waals surface area contributed by atoms with Crippen molar-refractivity contribution in [1.82, 2.24) is 4.31 Å². The molecule has 0 unspecified atom stereocenters. The predicted molar refractivity (Wildman–Crippen MR) is 99.9 cm³/mol. The Kier molecular flexibility index (Phi) is 5.29. The zero-order chi connectivity index (χ0) is 18.7. The zero-order valence-corrected chi connectivity index (χ0v) is 15.7. The number of hydrogen-bond donors (Lipinski definition) is 0. The molecule has 0 N–H and O–H groups in total. The van der Waals surface area contributed by atoms with E-state index in [-0.39, 0.29) is 5.97 Å². The van der Waals surface area contributed by atoms with Crippen LogP contribution >= 0.6 is 0 Å². The molecule has 0 amide bonds. The maximum atomic E-state index is 12.8. The lowest BCUT2D eigenvalue weighted by Gasteiger charge is -2.35. The standard InChI is InChI=1S/C19H22N2O4S/c1-15-5-3-8-18(13-15)26(23,24)21-11-9-20(10-12-21)17-7-4-6-16(14-17)19(22)25-2/h3-8,13-14H,9-12H2,1-2H3. The average Bonchev–Trinajstić information content (AvgIpc) is 2.67. The molecule has 3 rings (SSSR count). The molecule has 1 saturated heterocycles. The number of nitrogens with zero attached hydrogens (tertiary/aromatic N) is 2. The maximum absolute atomic E-state index is 12.8. The largest absolute Gasteiger partial charge is 0.465 e. The Balaban J connectivity index is 1.72. The van der Waals surface area contributed by atoms with Crippen LogP contribution in [0.25, 0.3) is 0 Å². The number of carbonyl (C=O) groups is 1. The number of benzene rings is 2. The minimum atomic E-state index is -3.48. The van der Waals surface area contributed by atoms with Crippen molar-refractivity contribution in [2.24, 2.45) is 0 Å². The Bertz CT molecular complexity index is 903. The van der Waals surface area contributed by atoms with Crippen LogP contribution < -0.4 is 4.90 Å². The number of rotatable bonds is 4. The van der Waals surface area contributed by atoms with Gasteiger partial charge in [-0.2, -0.15) is 4.31 Å². The topological polar surface area (TPSA) is 66.9 Å². The van der Waals surface area contributed by atoms with Crippen molar-refractivity contribution in [2.45, 2.75) is 11.8 Å². The number of anilines is 1. The molecule has 2 aromatic rings. The lowest BCUT2D eigenvalue weighted by atomic mass is 10.2. The van der Waals surface area contributed by atoms with E-state index in [1.54, 1.807) is 36.4 Å². The van der Waals surface area contributed by atoms with E-state index < -0.39 is 10.0 Å². The van der Waals surface area contributed by atoms with Crippen molar-refractivity contribution in [1.29, 1.82) is 0 Å². The summed E-state index contributed by atoms with van der Waals surface area (Å²) in [5.74, 6) is -0.382. The van der Waals surface area contributed by atoms with Gasteiger partial charge in [-0.25, -0.2) is 13.2 Å². The average molecular weight is 374 g/mol. The summed E-state index contributed by atoms with van der Waals surface area (Å²) >= 11 is 0. The second-order valence-electron chi connectivity index (χ2n) is 6.25. The van der Waals surface area contributed by atoms with E-state index in [4.69, 9.17) is 4.74 Å². The first-order valence-corrected chi connectivity index (χ1v) is 9.86. The van der Waals surface area contributed by atoms with Crippen molar-refractivity contribution < 1.29 is 17.9 Å². The van der Waals surface area contributed by atoms with E-state index in [1.165, 1.54) is 11.4 Å². The number of ether oxygens (including phenoxy) is 1. The molecular weight excluding hydrogens is 352 g/mol. The van der Waals surface area contributed by atoms with Crippen molar-refractivity contribution in [3.05, 3.63) is 59.7 Å². The third kappa shape index (κ3) is 3.73. The van der Waals surface area contributed by atoms with Gasteiger partial charge in [0.2, 0.25) is 10.0 Å². The van der Waals surface area contributed by atoms with Gasteiger partial charge in [0.05, 0.1) is 17.6 Å². The number of aryl methyl sites for hydroxylation is 1. The Morgan fingerprint density at radius 1 is 1.00 bits per heavy atom. The minimum Gasteiger partial charge on any atom is -0.465 e. The third-order valence-electron chi connectivity index (χ3n) is 4.50. The summed E-state index contributed by atoms with van der Waals surface area (Å²) in [4.78, 5) is 14.1. The fraction of sp³-hybridized carbons (Fsp3) is 0.316. The smallest absolute Gasteiger partial charge is 0.337 e. The molecule has 0 saturated carbocycles. The van der Waals surface area contributed by atoms with Gasteiger partial charge in [-0.05, 0) is 42.8 Å². The number of sulfonamides is 1. The molecule has 0 spiro atoms. The summed E-state index contributed by atoms with van der Waals surface area (Å²) in [5, 5.41) is 0. The molecule has 1 heterocycles. The molecule has 1 aliphatic rings. The Morgan fingerprint density at radius 3 is 2.35 bits per heavy atom.